The van der Waals surface area contributed by atoms with Gasteiger partial charge in [-0.15, -0.1) is 0 Å². The summed E-state index contributed by atoms with van der Waals surface area (Å²) in [4.78, 5) is 0.373. The first-order chi connectivity index (χ1) is 8.48. The number of rotatable bonds is 2. The number of benzene rings is 1. The number of halogens is 2. The highest BCUT2D eigenvalue weighted by Gasteiger charge is 2.44. The van der Waals surface area contributed by atoms with Crippen LogP contribution < -0.4 is 0 Å². The first-order valence-corrected chi connectivity index (χ1v) is 8.98. The van der Waals surface area contributed by atoms with Gasteiger partial charge < -0.3 is 0 Å². The van der Waals surface area contributed by atoms with Crippen LogP contribution in [0.5, 0.6) is 0 Å². The summed E-state index contributed by atoms with van der Waals surface area (Å²) in [6, 6.07) is 5.43. The molecular weight excluding hydrogens is 382 g/mol. The topological polar surface area (TPSA) is 37.4 Å². The van der Waals surface area contributed by atoms with Gasteiger partial charge in [0.25, 0.3) is 0 Å². The van der Waals surface area contributed by atoms with Crippen molar-refractivity contribution in [2.75, 3.05) is 6.54 Å². The van der Waals surface area contributed by atoms with Crippen molar-refractivity contribution in [2.24, 2.45) is 5.92 Å². The minimum Gasteiger partial charge on any atom is -0.207 e. The van der Waals surface area contributed by atoms with Gasteiger partial charge in [-0.1, -0.05) is 15.9 Å². The SMILES string of the molecule is O=S(=O)(c1ccc(Br)cc1Br)N1CC2CCC1C2. The maximum absolute atomic E-state index is 12.6. The Morgan fingerprint density at radius 2 is 2.00 bits per heavy atom. The monoisotopic (exact) mass is 393 g/mol. The Balaban J connectivity index is 2.00. The Morgan fingerprint density at radius 3 is 2.56 bits per heavy atom. The van der Waals surface area contributed by atoms with E-state index in [4.69, 9.17) is 0 Å². The fourth-order valence-corrected chi connectivity index (χ4v) is 6.43. The van der Waals surface area contributed by atoms with Crippen molar-refractivity contribution in [3.8, 4) is 0 Å². The zero-order chi connectivity index (χ0) is 12.9. The summed E-state index contributed by atoms with van der Waals surface area (Å²) in [6.45, 7) is 0.690. The van der Waals surface area contributed by atoms with E-state index >= 15 is 0 Å². The quantitative estimate of drug-likeness (QED) is 0.770. The maximum atomic E-state index is 12.6. The second-order valence-electron chi connectivity index (χ2n) is 4.98. The van der Waals surface area contributed by atoms with Crippen molar-refractivity contribution in [1.82, 2.24) is 4.31 Å². The van der Waals surface area contributed by atoms with E-state index in [0.717, 1.165) is 17.3 Å². The van der Waals surface area contributed by atoms with Gasteiger partial charge in [0, 0.05) is 21.5 Å². The molecule has 0 N–H and O–H groups in total. The lowest BCUT2D eigenvalue weighted by Crippen LogP contribution is -2.37. The molecule has 6 heteroatoms. The summed E-state index contributed by atoms with van der Waals surface area (Å²) in [5.41, 5.74) is 0. The predicted octanol–water partition coefficient (Wildman–Crippen LogP) is 3.38. The highest BCUT2D eigenvalue weighted by Crippen LogP contribution is 2.41. The molecule has 1 aliphatic carbocycles. The van der Waals surface area contributed by atoms with Gasteiger partial charge >= 0.3 is 0 Å². The molecule has 18 heavy (non-hydrogen) atoms. The molecule has 1 heterocycles. The lowest BCUT2D eigenvalue weighted by molar-refractivity contribution is 0.333. The van der Waals surface area contributed by atoms with Gasteiger partial charge in [0.2, 0.25) is 10.0 Å². The van der Waals surface area contributed by atoms with Crippen molar-refractivity contribution in [1.29, 1.82) is 0 Å². The van der Waals surface area contributed by atoms with E-state index in [0.29, 0.717) is 21.8 Å². The van der Waals surface area contributed by atoms with Gasteiger partial charge in [0.05, 0.1) is 4.90 Å². The molecule has 3 rings (SSSR count). The van der Waals surface area contributed by atoms with E-state index in [9.17, 15) is 8.42 Å². The summed E-state index contributed by atoms with van der Waals surface area (Å²) in [5, 5.41) is 0. The number of hydrogen-bond donors (Lipinski definition) is 0. The lowest BCUT2D eigenvalue weighted by atomic mass is 10.1. The summed E-state index contributed by atoms with van der Waals surface area (Å²) >= 11 is 6.69. The molecule has 2 bridgehead atoms. The third-order valence-electron chi connectivity index (χ3n) is 3.84. The average Bonchev–Trinajstić information content (AvgIpc) is 2.90. The van der Waals surface area contributed by atoms with Crippen molar-refractivity contribution in [2.45, 2.75) is 30.2 Å². The highest BCUT2D eigenvalue weighted by atomic mass is 79.9. The van der Waals surface area contributed by atoms with E-state index < -0.39 is 10.0 Å². The molecule has 1 saturated heterocycles. The Bertz CT molecular complexity index is 588. The zero-order valence-electron chi connectivity index (χ0n) is 9.64. The molecule has 0 aromatic heterocycles. The fraction of sp³-hybridized carbons (Fsp3) is 0.500. The van der Waals surface area contributed by atoms with E-state index in [1.165, 1.54) is 6.42 Å². The van der Waals surface area contributed by atoms with Crippen LogP contribution >= 0.6 is 31.9 Å². The Labute approximate surface area is 124 Å². The van der Waals surface area contributed by atoms with Crippen LogP contribution in [-0.4, -0.2) is 25.3 Å². The standard InChI is InChI=1S/C12H13Br2NO2S/c13-9-2-4-12(11(14)6-9)18(16,17)15-7-8-1-3-10(15)5-8/h2,4,6,8,10H,1,3,5,7H2. The summed E-state index contributed by atoms with van der Waals surface area (Å²) in [6.07, 6.45) is 3.23. The highest BCUT2D eigenvalue weighted by molar-refractivity contribution is 9.11. The molecule has 1 saturated carbocycles. The summed E-state index contributed by atoms with van der Waals surface area (Å²) in [5.74, 6) is 0.569. The van der Waals surface area contributed by atoms with Crippen LogP contribution in [0.25, 0.3) is 0 Å². The van der Waals surface area contributed by atoms with Crippen molar-refractivity contribution in [3.63, 3.8) is 0 Å². The van der Waals surface area contributed by atoms with Gasteiger partial charge in [-0.05, 0) is 59.3 Å². The third kappa shape index (κ3) is 2.07. The molecule has 3 nitrogen and oxygen atoms in total. The average molecular weight is 395 g/mol. The molecule has 1 aliphatic heterocycles. The van der Waals surface area contributed by atoms with E-state index in [1.807, 2.05) is 0 Å². The molecule has 2 fully saturated rings. The second kappa shape index (κ2) is 4.58. The first-order valence-electron chi connectivity index (χ1n) is 5.95. The Hall–Kier alpha value is 0.0900. The van der Waals surface area contributed by atoms with E-state index in [-0.39, 0.29) is 6.04 Å². The minimum absolute atomic E-state index is 0.218. The van der Waals surface area contributed by atoms with Crippen LogP contribution in [0.3, 0.4) is 0 Å². The Morgan fingerprint density at radius 1 is 1.22 bits per heavy atom. The molecule has 0 radical (unpaired) electrons. The molecule has 0 spiro atoms. The molecule has 1 aromatic carbocycles. The van der Waals surface area contributed by atoms with Gasteiger partial charge in [-0.25, -0.2) is 8.42 Å². The normalized spacial score (nSPS) is 27.9. The van der Waals surface area contributed by atoms with Crippen LogP contribution in [0, 0.1) is 5.92 Å². The fourth-order valence-electron chi connectivity index (χ4n) is 2.98. The van der Waals surface area contributed by atoms with E-state index in [1.54, 1.807) is 22.5 Å². The molecule has 2 aliphatic rings. The van der Waals surface area contributed by atoms with Gasteiger partial charge in [-0.3, -0.25) is 0 Å². The number of nitrogens with zero attached hydrogens (tertiary/aromatic N) is 1. The third-order valence-corrected chi connectivity index (χ3v) is 7.23. The van der Waals surface area contributed by atoms with Crippen LogP contribution in [-0.2, 0) is 10.0 Å². The molecule has 2 unspecified atom stereocenters. The first kappa shape index (κ1) is 13.1. The number of piperidine rings is 1. The van der Waals surface area contributed by atoms with Gasteiger partial charge in [0.15, 0.2) is 0 Å². The zero-order valence-corrected chi connectivity index (χ0v) is 13.6. The molecule has 0 amide bonds. The summed E-state index contributed by atoms with van der Waals surface area (Å²) < 4.78 is 28.5. The van der Waals surface area contributed by atoms with Crippen LogP contribution in [0.15, 0.2) is 32.0 Å². The number of hydrogen-bond acceptors (Lipinski definition) is 2. The van der Waals surface area contributed by atoms with Crippen molar-refractivity contribution in [3.05, 3.63) is 27.1 Å². The number of fused-ring (bicyclic) bond motifs is 2. The summed E-state index contributed by atoms with van der Waals surface area (Å²) in [7, 11) is -3.35. The molecule has 2 atom stereocenters. The van der Waals surface area contributed by atoms with E-state index in [2.05, 4.69) is 31.9 Å². The lowest BCUT2D eigenvalue weighted by Gasteiger charge is -2.26. The van der Waals surface area contributed by atoms with Gasteiger partial charge in [-0.2, -0.15) is 4.31 Å². The second-order valence-corrected chi connectivity index (χ2v) is 8.61. The minimum atomic E-state index is -3.35. The Kier molecular flexibility index (Phi) is 3.33. The largest absolute Gasteiger partial charge is 0.244 e. The van der Waals surface area contributed by atoms with Crippen LogP contribution in [0.4, 0.5) is 0 Å². The molecule has 1 aromatic rings. The van der Waals surface area contributed by atoms with Crippen LogP contribution in [0.2, 0.25) is 0 Å². The predicted molar refractivity (Wildman–Crippen MR) is 76.9 cm³/mol. The smallest absolute Gasteiger partial charge is 0.207 e. The van der Waals surface area contributed by atoms with Crippen LogP contribution in [0.1, 0.15) is 19.3 Å². The van der Waals surface area contributed by atoms with Crippen molar-refractivity contribution >= 4 is 41.9 Å². The van der Waals surface area contributed by atoms with Crippen molar-refractivity contribution < 1.29 is 8.42 Å². The maximum Gasteiger partial charge on any atom is 0.244 e. The molecule has 98 valence electrons. The van der Waals surface area contributed by atoms with Gasteiger partial charge in [0.1, 0.15) is 0 Å². The molecular formula is C12H13Br2NO2S. The number of sulfonamides is 1.